The summed E-state index contributed by atoms with van der Waals surface area (Å²) in [5, 5.41) is 20.3. The summed E-state index contributed by atoms with van der Waals surface area (Å²) in [6, 6.07) is 1.53. The SMILES string of the molecule is CCN(CC)S(=O)(=O)c1scc(Nc2[nH]o[n+](=O)c2N[C@H](C)c2cc(C(C)C)co2)c1O. The maximum absolute atomic E-state index is 12.7. The number of nitrogens with one attached hydrogen (secondary N) is 3. The molecule has 0 fully saturated rings. The van der Waals surface area contributed by atoms with Gasteiger partial charge in [-0.3, -0.25) is 5.32 Å². The van der Waals surface area contributed by atoms with Crippen molar-refractivity contribution in [1.82, 2.24) is 9.46 Å². The van der Waals surface area contributed by atoms with Crippen LogP contribution in [0.2, 0.25) is 0 Å². The fourth-order valence-electron chi connectivity index (χ4n) is 3.08. The second-order valence-corrected chi connectivity index (χ2v) is 10.5. The summed E-state index contributed by atoms with van der Waals surface area (Å²) >= 11 is 0.883. The number of sulfonamides is 1. The third-order valence-corrected chi connectivity index (χ3v) is 8.55. The first-order chi connectivity index (χ1) is 15.1. The standard InChI is InChI=1S/C19H27N5O6S2/c1-6-23(7-2)32(27,28)19-16(25)14(10-31-19)21-17-18(24(26)30-22-17)20-12(5)15-8-13(9-29-15)11(3)4/h8-12,20H,6-7H2,1-5H3,(H2-,21,22,25,26)/p+1/t12-/m1/s1. The van der Waals surface area contributed by atoms with Crippen LogP contribution in [0.25, 0.3) is 0 Å². The van der Waals surface area contributed by atoms with E-state index in [2.05, 4.69) is 15.8 Å². The van der Waals surface area contributed by atoms with Crippen LogP contribution in [0.15, 0.2) is 31.0 Å². The molecule has 0 aromatic carbocycles. The molecule has 1 atom stereocenters. The predicted molar refractivity (Wildman–Crippen MR) is 121 cm³/mol. The molecule has 3 rings (SSSR count). The van der Waals surface area contributed by atoms with Crippen LogP contribution < -0.4 is 15.2 Å². The Bertz CT molecular complexity index is 1220. The minimum absolute atomic E-state index is 0.0127. The first-order valence-corrected chi connectivity index (χ1v) is 12.5. The van der Waals surface area contributed by atoms with Gasteiger partial charge >= 0.3 is 5.82 Å². The van der Waals surface area contributed by atoms with Crippen molar-refractivity contribution in [2.45, 2.75) is 50.8 Å². The summed E-state index contributed by atoms with van der Waals surface area (Å²) in [5.41, 5.74) is 1.15. The molecule has 0 spiro atoms. The summed E-state index contributed by atoms with van der Waals surface area (Å²) in [4.78, 5) is 12.2. The van der Waals surface area contributed by atoms with Gasteiger partial charge in [-0.1, -0.05) is 32.9 Å². The van der Waals surface area contributed by atoms with Gasteiger partial charge in [-0.2, -0.15) is 4.31 Å². The van der Waals surface area contributed by atoms with Crippen molar-refractivity contribution in [3.63, 3.8) is 0 Å². The number of anilines is 3. The van der Waals surface area contributed by atoms with Crippen LogP contribution >= 0.6 is 11.3 Å². The molecule has 3 aromatic rings. The first-order valence-electron chi connectivity index (χ1n) is 10.2. The fourth-order valence-corrected chi connectivity index (χ4v) is 5.91. The highest BCUT2D eigenvalue weighted by atomic mass is 32.2. The molecule has 4 N–H and O–H groups in total. The van der Waals surface area contributed by atoms with Gasteiger partial charge in [0, 0.05) is 18.5 Å². The van der Waals surface area contributed by atoms with Crippen molar-refractivity contribution in [2.24, 2.45) is 0 Å². The lowest BCUT2D eigenvalue weighted by Crippen LogP contribution is -2.30. The number of thiophene rings is 1. The lowest BCUT2D eigenvalue weighted by Gasteiger charge is -2.17. The fraction of sp³-hybridized carbons (Fsp3) is 0.474. The van der Waals surface area contributed by atoms with E-state index in [-0.39, 0.29) is 45.3 Å². The van der Waals surface area contributed by atoms with Gasteiger partial charge in [0.05, 0.1) is 12.0 Å². The molecule has 11 nitrogen and oxygen atoms in total. The zero-order valence-corrected chi connectivity index (χ0v) is 20.1. The summed E-state index contributed by atoms with van der Waals surface area (Å²) in [6.07, 6.45) is 1.67. The minimum atomic E-state index is -3.83. The van der Waals surface area contributed by atoms with Crippen LogP contribution in [0.1, 0.15) is 57.9 Å². The summed E-state index contributed by atoms with van der Waals surface area (Å²) < 4.78 is 37.2. The molecule has 0 amide bonds. The van der Waals surface area contributed by atoms with Gasteiger partial charge in [0.2, 0.25) is 0 Å². The molecule has 0 aliphatic heterocycles. The molecule has 0 aliphatic rings. The monoisotopic (exact) mass is 486 g/mol. The Morgan fingerprint density at radius 3 is 2.56 bits per heavy atom. The van der Waals surface area contributed by atoms with Crippen molar-refractivity contribution in [3.05, 3.63) is 33.9 Å². The molecule has 32 heavy (non-hydrogen) atoms. The van der Waals surface area contributed by atoms with Crippen LogP contribution in [-0.2, 0) is 10.0 Å². The average molecular weight is 487 g/mol. The Hall–Kier alpha value is -2.77. The first kappa shape index (κ1) is 23.9. The second kappa shape index (κ2) is 9.38. The molecule has 176 valence electrons. The minimum Gasteiger partial charge on any atom is -0.504 e. The largest absolute Gasteiger partial charge is 0.504 e. The predicted octanol–water partition coefficient (Wildman–Crippen LogP) is 3.95. The molecule has 13 heteroatoms. The number of aromatic amines is 1. The van der Waals surface area contributed by atoms with Crippen LogP contribution in [0.3, 0.4) is 0 Å². The maximum atomic E-state index is 12.7. The molecule has 0 bridgehead atoms. The molecule has 0 radical (unpaired) electrons. The van der Waals surface area contributed by atoms with E-state index in [4.69, 9.17) is 9.05 Å². The van der Waals surface area contributed by atoms with Crippen LogP contribution in [-0.4, -0.2) is 36.1 Å². The van der Waals surface area contributed by atoms with Gasteiger partial charge in [0.1, 0.15) is 11.8 Å². The molecule has 3 heterocycles. The van der Waals surface area contributed by atoms with Crippen molar-refractivity contribution < 1.29 is 27.2 Å². The zero-order chi connectivity index (χ0) is 23.6. The second-order valence-electron chi connectivity index (χ2n) is 7.48. The highest BCUT2D eigenvalue weighted by Crippen LogP contribution is 2.41. The van der Waals surface area contributed by atoms with Gasteiger partial charge < -0.3 is 14.8 Å². The number of rotatable bonds is 10. The van der Waals surface area contributed by atoms with E-state index in [1.54, 1.807) is 20.1 Å². The van der Waals surface area contributed by atoms with E-state index in [1.807, 2.05) is 26.8 Å². The van der Waals surface area contributed by atoms with Crippen molar-refractivity contribution in [2.75, 3.05) is 23.7 Å². The Labute approximate surface area is 189 Å². The van der Waals surface area contributed by atoms with Crippen molar-refractivity contribution >= 4 is 38.7 Å². The number of H-pyrrole nitrogens is 1. The van der Waals surface area contributed by atoms with Crippen LogP contribution in [0.5, 0.6) is 5.75 Å². The molecular weight excluding hydrogens is 458 g/mol. The van der Waals surface area contributed by atoms with Gasteiger partial charge in [0.25, 0.3) is 15.8 Å². The molecule has 0 saturated carbocycles. The van der Waals surface area contributed by atoms with Crippen molar-refractivity contribution in [1.29, 1.82) is 0 Å². The van der Waals surface area contributed by atoms with Gasteiger partial charge in [-0.25, -0.2) is 8.42 Å². The van der Waals surface area contributed by atoms with Crippen molar-refractivity contribution in [3.8, 4) is 5.75 Å². The lowest BCUT2D eigenvalue weighted by atomic mass is 10.1. The number of hydrogen-bond acceptors (Lipinski definition) is 9. The van der Waals surface area contributed by atoms with E-state index in [0.29, 0.717) is 11.7 Å². The number of aromatic hydroxyl groups is 1. The molecular formula is C19H28N5O6S2+. The van der Waals surface area contributed by atoms with Gasteiger partial charge in [-0.15, -0.1) is 16.0 Å². The van der Waals surface area contributed by atoms with E-state index < -0.39 is 15.8 Å². The van der Waals surface area contributed by atoms with Crippen LogP contribution in [0.4, 0.5) is 17.3 Å². The topological polar surface area (TPSA) is 147 Å². The van der Waals surface area contributed by atoms with E-state index >= 15 is 0 Å². The number of furan rings is 1. The van der Waals surface area contributed by atoms with Gasteiger partial charge in [0.15, 0.2) is 14.6 Å². The lowest BCUT2D eigenvalue weighted by molar-refractivity contribution is -0.701. The Balaban J connectivity index is 1.85. The summed E-state index contributed by atoms with van der Waals surface area (Å²) in [5.74, 6) is 0.625. The Morgan fingerprint density at radius 2 is 1.97 bits per heavy atom. The van der Waals surface area contributed by atoms with E-state index in [1.165, 1.54) is 9.69 Å². The zero-order valence-electron chi connectivity index (χ0n) is 18.5. The van der Waals surface area contributed by atoms with E-state index in [0.717, 1.165) is 16.9 Å². The quantitative estimate of drug-likeness (QED) is 0.337. The summed E-state index contributed by atoms with van der Waals surface area (Å²) in [6.45, 7) is 9.92. The third-order valence-electron chi connectivity index (χ3n) is 5.01. The van der Waals surface area contributed by atoms with Crippen LogP contribution in [0, 0.1) is 4.91 Å². The van der Waals surface area contributed by atoms with Gasteiger partial charge in [-0.05, 0) is 29.4 Å². The van der Waals surface area contributed by atoms with E-state index in [9.17, 15) is 18.4 Å². The highest BCUT2D eigenvalue weighted by Gasteiger charge is 2.30. The summed E-state index contributed by atoms with van der Waals surface area (Å²) in [7, 11) is -3.83. The third kappa shape index (κ3) is 4.54. The number of nitrogens with zero attached hydrogens (tertiary/aromatic N) is 2. The maximum Gasteiger partial charge on any atom is 0.367 e. The Kier molecular flexibility index (Phi) is 7.00. The highest BCUT2D eigenvalue weighted by molar-refractivity contribution is 7.91. The molecule has 0 aliphatic carbocycles. The number of hydrogen-bond donors (Lipinski definition) is 4. The molecule has 0 unspecified atom stereocenters. The Morgan fingerprint density at radius 1 is 1.28 bits per heavy atom. The molecule has 3 aromatic heterocycles. The molecule has 0 saturated heterocycles. The smallest absolute Gasteiger partial charge is 0.367 e. The normalized spacial score (nSPS) is 13.1. The number of aromatic nitrogens is 2. The average Bonchev–Trinajstić information content (AvgIpc) is 3.45.